The zero-order chi connectivity index (χ0) is 13.0. The van der Waals surface area contributed by atoms with Crippen molar-refractivity contribution in [3.05, 3.63) is 47.8 Å². The van der Waals surface area contributed by atoms with Crippen molar-refractivity contribution in [3.63, 3.8) is 0 Å². The number of rotatable bonds is 5. The third kappa shape index (κ3) is 2.63. The van der Waals surface area contributed by atoms with Gasteiger partial charge in [-0.05, 0) is 30.3 Å². The van der Waals surface area contributed by atoms with Crippen LogP contribution in [0.15, 0.2) is 36.5 Å². The number of nitrogens with one attached hydrogen (secondary N) is 2. The van der Waals surface area contributed by atoms with E-state index in [-0.39, 0.29) is 5.56 Å². The summed E-state index contributed by atoms with van der Waals surface area (Å²) in [6.45, 7) is 0.576. The average Bonchev–Trinajstić information content (AvgIpc) is 2.89. The maximum atomic E-state index is 10.9. The highest BCUT2D eigenvalue weighted by Gasteiger charge is 2.08. The molecule has 0 spiro atoms. The number of hydrogen-bond acceptors (Lipinski definition) is 3. The minimum atomic E-state index is -0.958. The second-order valence-corrected chi connectivity index (χ2v) is 3.77. The Bertz CT molecular complexity index is 535. The van der Waals surface area contributed by atoms with E-state index in [4.69, 9.17) is 9.84 Å². The first-order valence-corrected chi connectivity index (χ1v) is 5.48. The summed E-state index contributed by atoms with van der Waals surface area (Å²) in [6, 6.07) is 8.56. The molecule has 0 atom stereocenters. The molecule has 0 aliphatic carbocycles. The summed E-state index contributed by atoms with van der Waals surface area (Å²) >= 11 is 0. The second kappa shape index (κ2) is 5.27. The fourth-order valence-corrected chi connectivity index (χ4v) is 1.65. The van der Waals surface area contributed by atoms with Gasteiger partial charge in [0.15, 0.2) is 0 Å². The molecule has 0 fully saturated rings. The Morgan fingerprint density at radius 2 is 2.28 bits per heavy atom. The number of ether oxygens (including phenoxy) is 1. The number of carboxylic acid groups (broad SMARTS) is 1. The Balaban J connectivity index is 2.18. The van der Waals surface area contributed by atoms with Crippen LogP contribution in [0.5, 0.6) is 5.75 Å². The van der Waals surface area contributed by atoms with Gasteiger partial charge in [-0.15, -0.1) is 0 Å². The lowest BCUT2D eigenvalue weighted by Gasteiger charge is -2.11. The summed E-state index contributed by atoms with van der Waals surface area (Å²) in [7, 11) is 1.55. The molecule has 0 bridgehead atoms. The normalized spacial score (nSPS) is 10.1. The first kappa shape index (κ1) is 12.0. The number of hydrogen-bond donors (Lipinski definition) is 3. The SMILES string of the molecule is COc1ccc(C(=O)O)cc1NCc1ccc[nH]1. The lowest BCUT2D eigenvalue weighted by Crippen LogP contribution is -2.04. The van der Waals surface area contributed by atoms with Crippen LogP contribution < -0.4 is 10.1 Å². The Morgan fingerprint density at radius 1 is 1.44 bits per heavy atom. The molecule has 0 radical (unpaired) electrons. The highest BCUT2D eigenvalue weighted by Crippen LogP contribution is 2.25. The molecule has 3 N–H and O–H groups in total. The van der Waals surface area contributed by atoms with Crippen molar-refractivity contribution in [3.8, 4) is 5.75 Å². The molecule has 0 amide bonds. The number of aromatic nitrogens is 1. The van der Waals surface area contributed by atoms with E-state index in [0.717, 1.165) is 5.69 Å². The molecule has 0 saturated heterocycles. The number of aromatic amines is 1. The first-order chi connectivity index (χ1) is 8.70. The van der Waals surface area contributed by atoms with Crippen LogP contribution in [0.25, 0.3) is 0 Å². The summed E-state index contributed by atoms with van der Waals surface area (Å²) in [5.41, 5.74) is 1.90. The van der Waals surface area contributed by atoms with Gasteiger partial charge in [0.25, 0.3) is 0 Å². The fourth-order valence-electron chi connectivity index (χ4n) is 1.65. The van der Waals surface area contributed by atoms with Crippen molar-refractivity contribution < 1.29 is 14.6 Å². The van der Waals surface area contributed by atoms with Crippen molar-refractivity contribution in [2.45, 2.75) is 6.54 Å². The molecule has 0 aliphatic heterocycles. The van der Waals surface area contributed by atoms with Gasteiger partial charge in [-0.1, -0.05) is 0 Å². The van der Waals surface area contributed by atoms with Gasteiger partial charge in [-0.25, -0.2) is 4.79 Å². The van der Waals surface area contributed by atoms with Gasteiger partial charge in [-0.2, -0.15) is 0 Å². The predicted molar refractivity (Wildman–Crippen MR) is 68.1 cm³/mol. The number of anilines is 1. The Morgan fingerprint density at radius 3 is 2.89 bits per heavy atom. The topological polar surface area (TPSA) is 74.3 Å². The summed E-state index contributed by atoms with van der Waals surface area (Å²) < 4.78 is 5.18. The van der Waals surface area contributed by atoms with Crippen molar-refractivity contribution in [2.24, 2.45) is 0 Å². The predicted octanol–water partition coefficient (Wildman–Crippen LogP) is 2.33. The lowest BCUT2D eigenvalue weighted by molar-refractivity contribution is 0.0697. The van der Waals surface area contributed by atoms with E-state index in [2.05, 4.69) is 10.3 Å². The highest BCUT2D eigenvalue weighted by atomic mass is 16.5. The van der Waals surface area contributed by atoms with E-state index in [1.165, 1.54) is 6.07 Å². The van der Waals surface area contributed by atoms with Gasteiger partial charge in [0, 0.05) is 11.9 Å². The molecule has 94 valence electrons. The van der Waals surface area contributed by atoms with Gasteiger partial charge < -0.3 is 20.1 Å². The minimum Gasteiger partial charge on any atom is -0.495 e. The number of carbonyl (C=O) groups is 1. The molecule has 1 aromatic carbocycles. The number of aromatic carboxylic acids is 1. The van der Waals surface area contributed by atoms with Crippen molar-refractivity contribution >= 4 is 11.7 Å². The molecule has 2 aromatic rings. The molecule has 0 aliphatic rings. The van der Waals surface area contributed by atoms with Crippen LogP contribution in [0.2, 0.25) is 0 Å². The van der Waals surface area contributed by atoms with Gasteiger partial charge in [-0.3, -0.25) is 0 Å². The Hall–Kier alpha value is -2.43. The number of benzene rings is 1. The number of carboxylic acids is 1. The third-order valence-electron chi connectivity index (χ3n) is 2.58. The summed E-state index contributed by atoms with van der Waals surface area (Å²) in [4.78, 5) is 14.0. The zero-order valence-electron chi connectivity index (χ0n) is 9.93. The average molecular weight is 246 g/mol. The van der Waals surface area contributed by atoms with E-state index in [1.807, 2.05) is 18.3 Å². The largest absolute Gasteiger partial charge is 0.495 e. The molecule has 1 heterocycles. The van der Waals surface area contributed by atoms with E-state index >= 15 is 0 Å². The van der Waals surface area contributed by atoms with Crippen molar-refractivity contribution in [1.82, 2.24) is 4.98 Å². The van der Waals surface area contributed by atoms with Crippen LogP contribution in [0.1, 0.15) is 16.1 Å². The molecule has 2 rings (SSSR count). The van der Waals surface area contributed by atoms with Crippen LogP contribution in [0.4, 0.5) is 5.69 Å². The summed E-state index contributed by atoms with van der Waals surface area (Å²) in [6.07, 6.45) is 1.84. The lowest BCUT2D eigenvalue weighted by atomic mass is 10.2. The maximum Gasteiger partial charge on any atom is 0.335 e. The van der Waals surface area contributed by atoms with Crippen molar-refractivity contribution in [1.29, 1.82) is 0 Å². The monoisotopic (exact) mass is 246 g/mol. The fraction of sp³-hybridized carbons (Fsp3) is 0.154. The van der Waals surface area contributed by atoms with E-state index < -0.39 is 5.97 Å². The van der Waals surface area contributed by atoms with Gasteiger partial charge in [0.2, 0.25) is 0 Å². The van der Waals surface area contributed by atoms with Crippen LogP contribution in [0.3, 0.4) is 0 Å². The highest BCUT2D eigenvalue weighted by molar-refractivity contribution is 5.89. The number of H-pyrrole nitrogens is 1. The standard InChI is InChI=1S/C13H14N2O3/c1-18-12-5-4-9(13(16)17)7-11(12)15-8-10-3-2-6-14-10/h2-7,14-15H,8H2,1H3,(H,16,17). The van der Waals surface area contributed by atoms with E-state index in [9.17, 15) is 4.79 Å². The van der Waals surface area contributed by atoms with Gasteiger partial charge in [0.1, 0.15) is 5.75 Å². The maximum absolute atomic E-state index is 10.9. The Labute approximate surface area is 104 Å². The number of methoxy groups -OCH3 is 1. The molecular weight excluding hydrogens is 232 g/mol. The molecule has 5 heteroatoms. The molecular formula is C13H14N2O3. The summed E-state index contributed by atoms with van der Waals surface area (Å²) in [5.74, 6) is -0.341. The summed E-state index contributed by atoms with van der Waals surface area (Å²) in [5, 5.41) is 12.1. The van der Waals surface area contributed by atoms with Crippen molar-refractivity contribution in [2.75, 3.05) is 12.4 Å². The molecule has 1 aromatic heterocycles. The molecule has 0 saturated carbocycles. The van der Waals surface area contributed by atoms with Gasteiger partial charge >= 0.3 is 5.97 Å². The smallest absolute Gasteiger partial charge is 0.335 e. The van der Waals surface area contributed by atoms with Crippen LogP contribution in [-0.2, 0) is 6.54 Å². The second-order valence-electron chi connectivity index (χ2n) is 3.77. The minimum absolute atomic E-state index is 0.227. The zero-order valence-corrected chi connectivity index (χ0v) is 9.93. The molecule has 5 nitrogen and oxygen atoms in total. The molecule has 0 unspecified atom stereocenters. The first-order valence-electron chi connectivity index (χ1n) is 5.48. The van der Waals surface area contributed by atoms with Gasteiger partial charge in [0.05, 0.1) is 24.9 Å². The molecule has 18 heavy (non-hydrogen) atoms. The quantitative estimate of drug-likeness (QED) is 0.757. The van der Waals surface area contributed by atoms with E-state index in [0.29, 0.717) is 18.0 Å². The van der Waals surface area contributed by atoms with Crippen LogP contribution in [-0.4, -0.2) is 23.2 Å². The third-order valence-corrected chi connectivity index (χ3v) is 2.58. The van der Waals surface area contributed by atoms with Crippen LogP contribution in [0, 0.1) is 0 Å². The Kier molecular flexibility index (Phi) is 3.52. The van der Waals surface area contributed by atoms with E-state index in [1.54, 1.807) is 19.2 Å². The van der Waals surface area contributed by atoms with Crippen LogP contribution >= 0.6 is 0 Å².